The number of primary amides is 1. The molecule has 2 aromatic carbocycles. The highest BCUT2D eigenvalue weighted by Crippen LogP contribution is 2.29. The van der Waals surface area contributed by atoms with Crippen LogP contribution in [0.15, 0.2) is 42.5 Å². The number of amides is 1. The molecule has 0 saturated heterocycles. The van der Waals surface area contributed by atoms with Gasteiger partial charge in [-0.15, -0.1) is 0 Å². The van der Waals surface area contributed by atoms with Gasteiger partial charge in [-0.3, -0.25) is 4.79 Å². The van der Waals surface area contributed by atoms with Gasteiger partial charge in [-0.25, -0.2) is 4.39 Å². The van der Waals surface area contributed by atoms with Crippen molar-refractivity contribution < 1.29 is 18.7 Å². The van der Waals surface area contributed by atoms with Crippen molar-refractivity contribution in [3.63, 3.8) is 0 Å². The predicted molar refractivity (Wildman–Crippen MR) is 87.6 cm³/mol. The van der Waals surface area contributed by atoms with Gasteiger partial charge in [-0.1, -0.05) is 18.2 Å². The van der Waals surface area contributed by atoms with Crippen molar-refractivity contribution in [2.45, 2.75) is 0 Å². The minimum absolute atomic E-state index is 0.259. The summed E-state index contributed by atoms with van der Waals surface area (Å²) < 4.78 is 23.5. The van der Waals surface area contributed by atoms with Gasteiger partial charge in [-0.2, -0.15) is 5.26 Å². The van der Waals surface area contributed by atoms with Crippen LogP contribution < -0.4 is 15.2 Å². The van der Waals surface area contributed by atoms with Crippen LogP contribution in [0.2, 0.25) is 0 Å². The van der Waals surface area contributed by atoms with E-state index in [0.717, 1.165) is 0 Å². The standard InChI is InChI=1S/C18H15FN2O3/c1-23-17-9-12(2-7-16(17)24-11-18(21)22)8-14(10-20)13-3-5-15(19)6-4-13/h2-9H,11H2,1H3,(H2,21,22)/b14-8-. The summed E-state index contributed by atoms with van der Waals surface area (Å²) in [6.45, 7) is -0.259. The molecule has 0 saturated carbocycles. The van der Waals surface area contributed by atoms with E-state index in [2.05, 4.69) is 6.07 Å². The Hall–Kier alpha value is -3.33. The fourth-order valence-electron chi connectivity index (χ4n) is 2.02. The number of rotatable bonds is 6. The molecule has 0 aliphatic heterocycles. The highest BCUT2D eigenvalue weighted by atomic mass is 19.1. The van der Waals surface area contributed by atoms with Crippen LogP contribution in [-0.2, 0) is 4.79 Å². The third-order valence-corrected chi connectivity index (χ3v) is 3.14. The Labute approximate surface area is 138 Å². The lowest BCUT2D eigenvalue weighted by Crippen LogP contribution is -2.20. The molecular weight excluding hydrogens is 311 g/mol. The van der Waals surface area contributed by atoms with Crippen molar-refractivity contribution in [3.05, 3.63) is 59.4 Å². The fraction of sp³-hybridized carbons (Fsp3) is 0.111. The van der Waals surface area contributed by atoms with Gasteiger partial charge in [0.25, 0.3) is 5.91 Å². The topological polar surface area (TPSA) is 85.3 Å². The maximum Gasteiger partial charge on any atom is 0.255 e. The number of carbonyl (C=O) groups excluding carboxylic acids is 1. The second kappa shape index (κ2) is 7.79. The lowest BCUT2D eigenvalue weighted by molar-refractivity contribution is -0.119. The third-order valence-electron chi connectivity index (χ3n) is 3.14. The van der Waals surface area contributed by atoms with E-state index in [4.69, 9.17) is 15.2 Å². The average Bonchev–Trinajstić information content (AvgIpc) is 2.59. The minimum atomic E-state index is -0.593. The summed E-state index contributed by atoms with van der Waals surface area (Å²) in [5.74, 6) is -0.187. The van der Waals surface area contributed by atoms with E-state index in [9.17, 15) is 14.4 Å². The summed E-state index contributed by atoms with van der Waals surface area (Å²) in [6.07, 6.45) is 1.65. The first-order valence-corrected chi connectivity index (χ1v) is 7.00. The quantitative estimate of drug-likeness (QED) is 0.653. The lowest BCUT2D eigenvalue weighted by atomic mass is 10.0. The molecule has 5 nitrogen and oxygen atoms in total. The van der Waals surface area contributed by atoms with E-state index in [0.29, 0.717) is 28.2 Å². The molecule has 0 fully saturated rings. The first-order valence-electron chi connectivity index (χ1n) is 7.00. The molecule has 122 valence electrons. The maximum absolute atomic E-state index is 13.0. The number of hydrogen-bond acceptors (Lipinski definition) is 4. The number of nitrogens with zero attached hydrogens (tertiary/aromatic N) is 1. The summed E-state index contributed by atoms with van der Waals surface area (Å²) in [4.78, 5) is 10.8. The number of allylic oxidation sites excluding steroid dienone is 1. The first-order chi connectivity index (χ1) is 11.5. The molecule has 6 heteroatoms. The molecule has 0 aliphatic carbocycles. The molecule has 0 aromatic heterocycles. The number of nitriles is 1. The van der Waals surface area contributed by atoms with Crippen LogP contribution in [0.3, 0.4) is 0 Å². The number of benzene rings is 2. The molecule has 1 amide bonds. The van der Waals surface area contributed by atoms with Crippen LogP contribution in [-0.4, -0.2) is 19.6 Å². The van der Waals surface area contributed by atoms with Crippen molar-refractivity contribution in [2.24, 2.45) is 5.73 Å². The highest BCUT2D eigenvalue weighted by molar-refractivity contribution is 5.89. The summed E-state index contributed by atoms with van der Waals surface area (Å²) in [5.41, 5.74) is 6.72. The molecule has 0 aliphatic rings. The largest absolute Gasteiger partial charge is 0.493 e. The Morgan fingerprint density at radius 3 is 2.54 bits per heavy atom. The van der Waals surface area contributed by atoms with Gasteiger partial charge in [0.05, 0.1) is 18.8 Å². The van der Waals surface area contributed by atoms with Gasteiger partial charge < -0.3 is 15.2 Å². The third kappa shape index (κ3) is 4.34. The van der Waals surface area contributed by atoms with Crippen LogP contribution in [0.4, 0.5) is 4.39 Å². The van der Waals surface area contributed by atoms with Gasteiger partial charge in [0.15, 0.2) is 18.1 Å². The maximum atomic E-state index is 13.0. The SMILES string of the molecule is COc1cc(/C=C(/C#N)c2ccc(F)cc2)ccc1OCC(N)=O. The molecule has 0 radical (unpaired) electrons. The normalized spacial score (nSPS) is 10.8. The van der Waals surface area contributed by atoms with E-state index in [1.807, 2.05) is 0 Å². The molecule has 0 unspecified atom stereocenters. The number of ether oxygens (including phenoxy) is 2. The van der Waals surface area contributed by atoms with Crippen LogP contribution in [0.25, 0.3) is 11.6 Å². The van der Waals surface area contributed by atoms with Crippen molar-refractivity contribution >= 4 is 17.6 Å². The van der Waals surface area contributed by atoms with Gasteiger partial charge >= 0.3 is 0 Å². The van der Waals surface area contributed by atoms with E-state index < -0.39 is 5.91 Å². The summed E-state index contributed by atoms with van der Waals surface area (Å²) in [6, 6.07) is 12.7. The Bertz CT molecular complexity index is 808. The molecule has 0 bridgehead atoms. The second-order valence-electron chi connectivity index (χ2n) is 4.84. The van der Waals surface area contributed by atoms with E-state index in [1.165, 1.54) is 31.4 Å². The van der Waals surface area contributed by atoms with E-state index in [-0.39, 0.29) is 12.4 Å². The van der Waals surface area contributed by atoms with Crippen molar-refractivity contribution in [1.29, 1.82) is 5.26 Å². The van der Waals surface area contributed by atoms with Crippen molar-refractivity contribution in [1.82, 2.24) is 0 Å². The lowest BCUT2D eigenvalue weighted by Gasteiger charge is -2.10. The molecule has 2 N–H and O–H groups in total. The Kier molecular flexibility index (Phi) is 5.53. The first kappa shape index (κ1) is 17.0. The van der Waals surface area contributed by atoms with Crippen LogP contribution >= 0.6 is 0 Å². The smallest absolute Gasteiger partial charge is 0.255 e. The van der Waals surface area contributed by atoms with Gasteiger partial charge in [0.2, 0.25) is 0 Å². The second-order valence-corrected chi connectivity index (χ2v) is 4.84. The molecule has 2 aromatic rings. The fourth-order valence-corrected chi connectivity index (χ4v) is 2.02. The zero-order valence-corrected chi connectivity index (χ0v) is 13.0. The van der Waals surface area contributed by atoms with Gasteiger partial charge in [0, 0.05) is 0 Å². The number of methoxy groups -OCH3 is 1. The predicted octanol–water partition coefficient (Wildman–Crippen LogP) is 2.76. The van der Waals surface area contributed by atoms with Gasteiger partial charge in [0.1, 0.15) is 5.82 Å². The van der Waals surface area contributed by atoms with E-state index in [1.54, 1.807) is 24.3 Å². The van der Waals surface area contributed by atoms with Crippen LogP contribution in [0, 0.1) is 17.1 Å². The number of hydrogen-bond donors (Lipinski definition) is 1. The van der Waals surface area contributed by atoms with Crippen molar-refractivity contribution in [2.75, 3.05) is 13.7 Å². The zero-order chi connectivity index (χ0) is 17.5. The molecule has 0 spiro atoms. The summed E-state index contributed by atoms with van der Waals surface area (Å²) >= 11 is 0. The Balaban J connectivity index is 2.32. The summed E-state index contributed by atoms with van der Waals surface area (Å²) in [5, 5.41) is 9.32. The molecule has 2 rings (SSSR count). The minimum Gasteiger partial charge on any atom is -0.493 e. The number of halogens is 1. The number of nitrogens with two attached hydrogens (primary N) is 1. The molecular formula is C18H15FN2O3. The highest BCUT2D eigenvalue weighted by Gasteiger charge is 2.08. The van der Waals surface area contributed by atoms with Crippen molar-refractivity contribution in [3.8, 4) is 17.6 Å². The number of carbonyl (C=O) groups is 1. The molecule has 0 atom stereocenters. The Morgan fingerprint density at radius 1 is 1.25 bits per heavy atom. The van der Waals surface area contributed by atoms with Crippen LogP contribution in [0.1, 0.15) is 11.1 Å². The molecule has 0 heterocycles. The van der Waals surface area contributed by atoms with E-state index >= 15 is 0 Å². The van der Waals surface area contributed by atoms with Crippen LogP contribution in [0.5, 0.6) is 11.5 Å². The monoisotopic (exact) mass is 326 g/mol. The Morgan fingerprint density at radius 2 is 1.96 bits per heavy atom. The summed E-state index contributed by atoms with van der Waals surface area (Å²) in [7, 11) is 1.46. The average molecular weight is 326 g/mol. The molecule has 24 heavy (non-hydrogen) atoms. The van der Waals surface area contributed by atoms with Gasteiger partial charge in [-0.05, 0) is 41.5 Å². The zero-order valence-electron chi connectivity index (χ0n) is 13.0.